The van der Waals surface area contributed by atoms with Crippen molar-refractivity contribution in [1.82, 2.24) is 18.8 Å². The lowest BCUT2D eigenvalue weighted by Crippen LogP contribution is -2.57. The molecule has 2 heterocycles. The summed E-state index contributed by atoms with van der Waals surface area (Å²) in [5.41, 5.74) is 0.931. The fraction of sp³-hybridized carbons (Fsp3) is 0.636. The van der Waals surface area contributed by atoms with Crippen LogP contribution < -0.4 is 10.6 Å². The van der Waals surface area contributed by atoms with Gasteiger partial charge in [-0.2, -0.15) is 17.0 Å². The Morgan fingerprint density at radius 1 is 1.00 bits per heavy atom. The molecule has 11 heteroatoms. The van der Waals surface area contributed by atoms with Crippen LogP contribution in [0, 0.1) is 0 Å². The third kappa shape index (κ3) is 6.10. The number of anilines is 1. The molecule has 0 spiro atoms. The van der Waals surface area contributed by atoms with Gasteiger partial charge in [0.05, 0.1) is 30.0 Å². The summed E-state index contributed by atoms with van der Waals surface area (Å²) < 4.78 is 34.7. The van der Waals surface area contributed by atoms with Crippen molar-refractivity contribution >= 4 is 27.7 Å². The third-order valence-electron chi connectivity index (χ3n) is 6.10. The van der Waals surface area contributed by atoms with Crippen molar-refractivity contribution < 1.29 is 22.7 Å². The summed E-state index contributed by atoms with van der Waals surface area (Å²) in [7, 11) is -3.56. The van der Waals surface area contributed by atoms with Crippen LogP contribution in [0.5, 0.6) is 0 Å². The van der Waals surface area contributed by atoms with E-state index in [1.807, 2.05) is 18.7 Å². The molecule has 3 fully saturated rings. The second kappa shape index (κ2) is 10.1. The zero-order valence-electron chi connectivity index (χ0n) is 19.2. The zero-order chi connectivity index (χ0) is 23.6. The van der Waals surface area contributed by atoms with Crippen molar-refractivity contribution in [3.63, 3.8) is 0 Å². The maximum Gasteiger partial charge on any atom is 0.282 e. The van der Waals surface area contributed by atoms with Crippen LogP contribution in [-0.4, -0.2) is 97.8 Å². The molecule has 1 aromatic carbocycles. The lowest BCUT2D eigenvalue weighted by molar-refractivity contribution is -0.117. The maximum absolute atomic E-state index is 13.0. The van der Waals surface area contributed by atoms with E-state index in [0.29, 0.717) is 50.5 Å². The summed E-state index contributed by atoms with van der Waals surface area (Å²) in [5.74, 6) is -0.409. The first-order valence-electron chi connectivity index (χ1n) is 11.5. The highest BCUT2D eigenvalue weighted by Gasteiger charge is 2.37. The molecule has 2 unspecified atom stereocenters. The van der Waals surface area contributed by atoms with E-state index in [1.54, 1.807) is 24.3 Å². The predicted molar refractivity (Wildman–Crippen MR) is 124 cm³/mol. The smallest absolute Gasteiger partial charge is 0.282 e. The second-order valence-corrected chi connectivity index (χ2v) is 11.0. The monoisotopic (exact) mass is 479 g/mol. The van der Waals surface area contributed by atoms with Crippen LogP contribution in [0.2, 0.25) is 0 Å². The van der Waals surface area contributed by atoms with Crippen molar-refractivity contribution in [2.24, 2.45) is 0 Å². The van der Waals surface area contributed by atoms with Gasteiger partial charge in [0.2, 0.25) is 5.91 Å². The van der Waals surface area contributed by atoms with Crippen LogP contribution in [0.15, 0.2) is 24.3 Å². The summed E-state index contributed by atoms with van der Waals surface area (Å²) in [4.78, 5) is 27.0. The topological polar surface area (TPSA) is 111 Å². The normalized spacial score (nSPS) is 25.5. The minimum atomic E-state index is -3.56. The van der Waals surface area contributed by atoms with E-state index in [0.717, 1.165) is 12.8 Å². The molecule has 2 aliphatic heterocycles. The van der Waals surface area contributed by atoms with Gasteiger partial charge in [0.15, 0.2) is 0 Å². The van der Waals surface area contributed by atoms with Crippen molar-refractivity contribution in [1.29, 1.82) is 0 Å². The van der Waals surface area contributed by atoms with E-state index < -0.39 is 10.2 Å². The van der Waals surface area contributed by atoms with Gasteiger partial charge < -0.3 is 15.4 Å². The molecule has 2 amide bonds. The Hall–Kier alpha value is -2.05. The Labute approximate surface area is 195 Å². The molecule has 182 valence electrons. The van der Waals surface area contributed by atoms with E-state index in [9.17, 15) is 18.0 Å². The third-order valence-corrected chi connectivity index (χ3v) is 8.06. The van der Waals surface area contributed by atoms with Crippen LogP contribution >= 0.6 is 0 Å². The number of piperazine rings is 1. The Balaban J connectivity index is 1.29. The number of carbonyl (C=O) groups is 2. The fourth-order valence-electron chi connectivity index (χ4n) is 4.27. The zero-order valence-corrected chi connectivity index (χ0v) is 20.0. The lowest BCUT2D eigenvalue weighted by Gasteiger charge is -2.40. The molecule has 2 atom stereocenters. The number of amides is 2. The Morgan fingerprint density at radius 2 is 1.64 bits per heavy atom. The average Bonchev–Trinajstić information content (AvgIpc) is 3.57. The van der Waals surface area contributed by atoms with Crippen molar-refractivity contribution in [2.45, 2.75) is 44.9 Å². The SMILES string of the molecule is CC1CN(S(=O)(=O)N2CCN(CC(=O)Nc3ccccc3C(=O)NC3CC3)CC2)CC(C)O1. The van der Waals surface area contributed by atoms with Crippen LogP contribution in [-0.2, 0) is 19.7 Å². The summed E-state index contributed by atoms with van der Waals surface area (Å²) >= 11 is 0. The highest BCUT2D eigenvalue weighted by molar-refractivity contribution is 7.86. The number of morpholine rings is 1. The quantitative estimate of drug-likeness (QED) is 0.589. The molecule has 1 aromatic rings. The molecule has 0 aromatic heterocycles. The van der Waals surface area contributed by atoms with Gasteiger partial charge in [-0.3, -0.25) is 14.5 Å². The second-order valence-electron chi connectivity index (χ2n) is 9.10. The first kappa shape index (κ1) is 24.1. The standard InChI is InChI=1S/C22H33N5O5S/c1-16-13-27(14-17(2)32-16)33(30,31)26-11-9-25(10-12-26)15-21(28)24-20-6-4-3-5-19(20)22(29)23-18-7-8-18/h3-6,16-18H,7-15H2,1-2H3,(H,23,29)(H,24,28). The summed E-state index contributed by atoms with van der Waals surface area (Å²) in [6.07, 6.45) is 1.71. The maximum atomic E-state index is 13.0. The Kier molecular flexibility index (Phi) is 7.34. The van der Waals surface area contributed by atoms with Crippen LogP contribution in [0.1, 0.15) is 37.0 Å². The van der Waals surface area contributed by atoms with E-state index >= 15 is 0 Å². The highest BCUT2D eigenvalue weighted by atomic mass is 32.2. The van der Waals surface area contributed by atoms with Crippen LogP contribution in [0.4, 0.5) is 5.69 Å². The molecular weight excluding hydrogens is 446 g/mol. The summed E-state index contributed by atoms with van der Waals surface area (Å²) in [5, 5.41) is 5.78. The first-order valence-corrected chi connectivity index (χ1v) is 12.9. The van der Waals surface area contributed by atoms with Gasteiger partial charge in [-0.25, -0.2) is 0 Å². The van der Waals surface area contributed by atoms with E-state index in [4.69, 9.17) is 4.74 Å². The average molecular weight is 480 g/mol. The number of rotatable bonds is 7. The van der Waals surface area contributed by atoms with Gasteiger partial charge in [-0.1, -0.05) is 12.1 Å². The van der Waals surface area contributed by atoms with Gasteiger partial charge in [0, 0.05) is 45.3 Å². The number of carbonyl (C=O) groups excluding carboxylic acids is 2. The molecule has 2 N–H and O–H groups in total. The lowest BCUT2D eigenvalue weighted by atomic mass is 10.1. The van der Waals surface area contributed by atoms with E-state index in [2.05, 4.69) is 10.6 Å². The minimum absolute atomic E-state index is 0.136. The van der Waals surface area contributed by atoms with Crippen molar-refractivity contribution in [3.05, 3.63) is 29.8 Å². The molecule has 1 saturated carbocycles. The number of hydrogen-bond acceptors (Lipinski definition) is 6. The first-order chi connectivity index (χ1) is 15.7. The number of benzene rings is 1. The van der Waals surface area contributed by atoms with Gasteiger partial charge >= 0.3 is 0 Å². The molecule has 3 aliphatic rings. The molecule has 0 radical (unpaired) electrons. The number of nitrogens with zero attached hydrogens (tertiary/aromatic N) is 3. The Bertz CT molecular complexity index is 965. The molecule has 33 heavy (non-hydrogen) atoms. The molecule has 4 rings (SSSR count). The molecule has 1 aliphatic carbocycles. The summed E-state index contributed by atoms with van der Waals surface area (Å²) in [6.45, 7) is 6.18. The molecule has 0 bridgehead atoms. The van der Waals surface area contributed by atoms with Gasteiger partial charge in [0.1, 0.15) is 0 Å². The van der Waals surface area contributed by atoms with Crippen molar-refractivity contribution in [2.75, 3.05) is 51.1 Å². The largest absolute Gasteiger partial charge is 0.373 e. The predicted octanol–water partition coefficient (Wildman–Crippen LogP) is 0.489. The molecular formula is C22H33N5O5S. The minimum Gasteiger partial charge on any atom is -0.373 e. The molecule has 10 nitrogen and oxygen atoms in total. The van der Waals surface area contributed by atoms with E-state index in [-0.39, 0.29) is 36.6 Å². The van der Waals surface area contributed by atoms with Gasteiger partial charge in [-0.15, -0.1) is 0 Å². The number of para-hydroxylation sites is 1. The van der Waals surface area contributed by atoms with Crippen LogP contribution in [0.3, 0.4) is 0 Å². The number of hydrogen-bond donors (Lipinski definition) is 2. The van der Waals surface area contributed by atoms with E-state index in [1.165, 1.54) is 8.61 Å². The number of ether oxygens (including phenoxy) is 1. The van der Waals surface area contributed by atoms with Gasteiger partial charge in [0.25, 0.3) is 16.1 Å². The highest BCUT2D eigenvalue weighted by Crippen LogP contribution is 2.22. The van der Waals surface area contributed by atoms with Crippen LogP contribution in [0.25, 0.3) is 0 Å². The Morgan fingerprint density at radius 3 is 2.27 bits per heavy atom. The fourth-order valence-corrected chi connectivity index (χ4v) is 6.02. The number of nitrogens with one attached hydrogen (secondary N) is 2. The van der Waals surface area contributed by atoms with Crippen molar-refractivity contribution in [3.8, 4) is 0 Å². The summed E-state index contributed by atoms with van der Waals surface area (Å²) in [6, 6.07) is 7.20. The molecule has 2 saturated heterocycles. The van der Waals surface area contributed by atoms with Gasteiger partial charge in [-0.05, 0) is 38.8 Å².